The molecule has 0 saturated carbocycles. The Bertz CT molecular complexity index is 937. The van der Waals surface area contributed by atoms with Gasteiger partial charge in [-0.25, -0.2) is 14.4 Å². The highest BCUT2D eigenvalue weighted by Crippen LogP contribution is 2.30. The average molecular weight is 584 g/mol. The van der Waals surface area contributed by atoms with Crippen LogP contribution in [0.4, 0.5) is 14.4 Å². The largest absolute Gasteiger partial charge is 0.513 e. The highest BCUT2D eigenvalue weighted by molar-refractivity contribution is 5.76. The molecule has 0 radical (unpaired) electrons. The highest BCUT2D eigenvalue weighted by atomic mass is 16.7. The van der Waals surface area contributed by atoms with Crippen molar-refractivity contribution in [1.29, 1.82) is 0 Å². The van der Waals surface area contributed by atoms with E-state index in [4.69, 9.17) is 38.9 Å². The maximum atomic E-state index is 12.5. The van der Waals surface area contributed by atoms with Crippen molar-refractivity contribution in [2.24, 2.45) is 5.73 Å². The zero-order valence-electron chi connectivity index (χ0n) is 24.6. The Kier molecular flexibility index (Phi) is 18.4. The first-order chi connectivity index (χ1) is 19.7. The molecule has 0 heterocycles. The molecule has 0 aliphatic carbocycles. The smallest absolute Gasteiger partial charge is 0.458 e. The van der Waals surface area contributed by atoms with Crippen LogP contribution in [0, 0.1) is 0 Å². The summed E-state index contributed by atoms with van der Waals surface area (Å²) < 4.78 is 35.8. The lowest BCUT2D eigenvalue weighted by atomic mass is 10.1. The third kappa shape index (κ3) is 16.3. The van der Waals surface area contributed by atoms with Crippen molar-refractivity contribution in [2.75, 3.05) is 26.4 Å². The molecule has 2 N–H and O–H groups in total. The van der Waals surface area contributed by atoms with Crippen LogP contribution in [0.1, 0.15) is 84.6 Å². The van der Waals surface area contributed by atoms with Gasteiger partial charge >= 0.3 is 24.4 Å². The molecular formula is C29H45NO11. The van der Waals surface area contributed by atoms with E-state index in [0.717, 1.165) is 38.5 Å². The summed E-state index contributed by atoms with van der Waals surface area (Å²) in [5, 5.41) is 0. The predicted molar refractivity (Wildman–Crippen MR) is 149 cm³/mol. The summed E-state index contributed by atoms with van der Waals surface area (Å²) in [5.41, 5.74) is 6.53. The van der Waals surface area contributed by atoms with Crippen LogP contribution in [-0.4, -0.2) is 63.0 Å². The fraction of sp³-hybridized carbons (Fsp3) is 0.655. The molecule has 0 aromatic heterocycles. The Morgan fingerprint density at radius 1 is 0.707 bits per heavy atom. The van der Waals surface area contributed by atoms with Gasteiger partial charge in [-0.15, -0.1) is 0 Å². The minimum Gasteiger partial charge on any atom is -0.458 e. The van der Waals surface area contributed by atoms with E-state index in [-0.39, 0.29) is 44.3 Å². The summed E-state index contributed by atoms with van der Waals surface area (Å²) in [6.45, 7) is 8.00. The van der Waals surface area contributed by atoms with Crippen LogP contribution in [0.5, 0.6) is 11.5 Å². The molecule has 0 bridgehead atoms. The number of hydrogen-bond donors (Lipinski definition) is 1. The van der Waals surface area contributed by atoms with Crippen LogP contribution < -0.4 is 15.2 Å². The number of benzene rings is 1. The summed E-state index contributed by atoms with van der Waals surface area (Å²) in [7, 11) is 0. The van der Waals surface area contributed by atoms with E-state index in [1.165, 1.54) is 12.1 Å². The second kappa shape index (κ2) is 21.2. The molecule has 1 aromatic rings. The monoisotopic (exact) mass is 583 g/mol. The number of ether oxygens (including phenoxy) is 7. The lowest BCUT2D eigenvalue weighted by Gasteiger charge is -2.17. The Morgan fingerprint density at radius 2 is 1.24 bits per heavy atom. The van der Waals surface area contributed by atoms with Crippen molar-refractivity contribution in [3.05, 3.63) is 23.8 Å². The average Bonchev–Trinajstić information content (AvgIpc) is 2.94. The zero-order valence-corrected chi connectivity index (χ0v) is 24.6. The van der Waals surface area contributed by atoms with Gasteiger partial charge in [0.05, 0.1) is 19.8 Å². The van der Waals surface area contributed by atoms with Crippen molar-refractivity contribution in [3.63, 3.8) is 0 Å². The van der Waals surface area contributed by atoms with Gasteiger partial charge in [0.25, 0.3) is 0 Å². The van der Waals surface area contributed by atoms with E-state index in [0.29, 0.717) is 18.4 Å². The third-order valence-electron chi connectivity index (χ3n) is 5.56. The van der Waals surface area contributed by atoms with Gasteiger partial charge in [0.2, 0.25) is 0 Å². The molecule has 0 amide bonds. The fourth-order valence-electron chi connectivity index (χ4n) is 3.28. The number of rotatable bonds is 19. The molecule has 0 unspecified atom stereocenters. The molecule has 1 aromatic carbocycles. The normalized spacial score (nSPS) is 12.0. The number of hydrogen-bond acceptors (Lipinski definition) is 12. The van der Waals surface area contributed by atoms with E-state index in [1.54, 1.807) is 13.0 Å². The van der Waals surface area contributed by atoms with Crippen LogP contribution >= 0.6 is 0 Å². The first kappa shape index (κ1) is 35.5. The van der Waals surface area contributed by atoms with Crippen molar-refractivity contribution < 1.29 is 52.3 Å². The van der Waals surface area contributed by atoms with Gasteiger partial charge in [0.15, 0.2) is 11.5 Å². The molecule has 0 spiro atoms. The lowest BCUT2D eigenvalue weighted by molar-refractivity contribution is -0.152. The number of nitrogens with two attached hydrogens (primary N) is 1. The minimum atomic E-state index is -1.09. The van der Waals surface area contributed by atoms with Crippen molar-refractivity contribution in [3.8, 4) is 11.5 Å². The number of unbranched alkanes of at least 4 members (excludes halogenated alkanes) is 5. The second-order valence-electron chi connectivity index (χ2n) is 9.42. The number of carbonyl (C=O) groups excluding carboxylic acids is 4. The summed E-state index contributed by atoms with van der Waals surface area (Å²) in [6, 6.07) is 3.29. The molecule has 0 aliphatic heterocycles. The van der Waals surface area contributed by atoms with Gasteiger partial charge in [0, 0.05) is 0 Å². The van der Waals surface area contributed by atoms with E-state index in [2.05, 4.69) is 0 Å². The fourth-order valence-corrected chi connectivity index (χ4v) is 3.28. The molecule has 2 atom stereocenters. The summed E-state index contributed by atoms with van der Waals surface area (Å²) in [6.07, 6.45) is 3.19. The van der Waals surface area contributed by atoms with E-state index >= 15 is 0 Å². The molecule has 12 heteroatoms. The highest BCUT2D eigenvalue weighted by Gasteiger charge is 2.22. The summed E-state index contributed by atoms with van der Waals surface area (Å²) in [5.74, 6) is -0.890. The Morgan fingerprint density at radius 3 is 1.83 bits per heavy atom. The summed E-state index contributed by atoms with van der Waals surface area (Å²) in [4.78, 5) is 48.4. The predicted octanol–water partition coefficient (Wildman–Crippen LogP) is 5.85. The standard InChI is InChI=1S/C29H45NO11/c1-5-8-11-16-36-28(33)40-24-14-13-22(19-25(24)41-29(34)37-17-12-9-6-2)18-23(30)26(31)39-21(4)20-38-27(32)35-15-10-7-3/h13-14,19,21,23H,5-12,15-18,20,30H2,1-4H3/t21-,23-/m0/s1. The molecule has 1 rings (SSSR count). The van der Waals surface area contributed by atoms with Crippen LogP contribution in [0.2, 0.25) is 0 Å². The maximum absolute atomic E-state index is 12.5. The molecule has 41 heavy (non-hydrogen) atoms. The van der Waals surface area contributed by atoms with Gasteiger partial charge in [-0.3, -0.25) is 4.79 Å². The number of esters is 1. The quantitative estimate of drug-likeness (QED) is 0.0897. The SMILES string of the molecule is CCCCCOC(=O)Oc1ccc(C[C@H](N)C(=O)O[C@@H](C)COC(=O)OCCCC)cc1OC(=O)OCCCCC. The van der Waals surface area contributed by atoms with Gasteiger partial charge in [-0.05, 0) is 50.3 Å². The Hall–Kier alpha value is -3.54. The van der Waals surface area contributed by atoms with Crippen molar-refractivity contribution in [1.82, 2.24) is 0 Å². The van der Waals surface area contributed by atoms with Crippen LogP contribution in [0.25, 0.3) is 0 Å². The number of carbonyl (C=O) groups is 4. The van der Waals surface area contributed by atoms with Crippen molar-refractivity contribution >= 4 is 24.4 Å². The van der Waals surface area contributed by atoms with Crippen LogP contribution in [0.3, 0.4) is 0 Å². The van der Waals surface area contributed by atoms with Gasteiger partial charge in [-0.1, -0.05) is 58.9 Å². The van der Waals surface area contributed by atoms with Gasteiger partial charge in [0.1, 0.15) is 18.8 Å². The van der Waals surface area contributed by atoms with Gasteiger partial charge in [-0.2, -0.15) is 0 Å². The van der Waals surface area contributed by atoms with E-state index in [9.17, 15) is 19.2 Å². The van der Waals surface area contributed by atoms with Crippen LogP contribution in [0.15, 0.2) is 18.2 Å². The molecule has 0 saturated heterocycles. The first-order valence-electron chi connectivity index (χ1n) is 14.3. The van der Waals surface area contributed by atoms with Gasteiger partial charge < -0.3 is 38.9 Å². The zero-order chi connectivity index (χ0) is 30.5. The molecule has 0 aliphatic rings. The second-order valence-corrected chi connectivity index (χ2v) is 9.42. The Balaban J connectivity index is 2.79. The maximum Gasteiger partial charge on any atom is 0.513 e. The molecule has 0 fully saturated rings. The molecule has 232 valence electrons. The molecular weight excluding hydrogens is 538 g/mol. The first-order valence-corrected chi connectivity index (χ1v) is 14.3. The van der Waals surface area contributed by atoms with E-state index < -0.39 is 36.6 Å². The van der Waals surface area contributed by atoms with Crippen LogP contribution in [-0.2, 0) is 34.9 Å². The Labute approximate surface area is 242 Å². The summed E-state index contributed by atoms with van der Waals surface area (Å²) >= 11 is 0. The van der Waals surface area contributed by atoms with E-state index in [1.807, 2.05) is 20.8 Å². The minimum absolute atomic E-state index is 0.00905. The van der Waals surface area contributed by atoms with Crippen molar-refractivity contribution in [2.45, 2.75) is 97.6 Å². The lowest BCUT2D eigenvalue weighted by Crippen LogP contribution is -2.37. The molecule has 12 nitrogen and oxygen atoms in total. The topological polar surface area (TPSA) is 159 Å². The third-order valence-corrected chi connectivity index (χ3v) is 5.56.